The van der Waals surface area contributed by atoms with Crippen LogP contribution in [-0.4, -0.2) is 22.4 Å². The molecule has 7 nitrogen and oxygen atoms in total. The number of fused-ring (bicyclic) bond motifs is 4. The van der Waals surface area contributed by atoms with Gasteiger partial charge >= 0.3 is 5.78 Å². The Morgan fingerprint density at radius 2 is 1.83 bits per heavy atom. The second kappa shape index (κ2) is 4.33. The molecule has 0 spiro atoms. The minimum atomic E-state index is -0.554. The maximum atomic E-state index is 12.8. The van der Waals surface area contributed by atoms with E-state index in [1.165, 1.54) is 13.2 Å². The highest BCUT2D eigenvalue weighted by atomic mass is 16.5. The van der Waals surface area contributed by atoms with Gasteiger partial charge in [-0.15, -0.1) is 0 Å². The molecule has 2 aromatic carbocycles. The molecule has 0 aliphatic rings. The van der Waals surface area contributed by atoms with E-state index in [1.807, 2.05) is 0 Å². The summed E-state index contributed by atoms with van der Waals surface area (Å²) >= 11 is 0. The van der Waals surface area contributed by atoms with Gasteiger partial charge in [-0.3, -0.25) is 4.79 Å². The largest absolute Gasteiger partial charge is 0.504 e. The number of furan rings is 1. The van der Waals surface area contributed by atoms with Crippen molar-refractivity contribution in [2.75, 3.05) is 7.11 Å². The third-order valence-corrected chi connectivity index (χ3v) is 3.72. The number of phenolic OH excluding ortho intramolecular Hbond substituents is 3. The van der Waals surface area contributed by atoms with Crippen molar-refractivity contribution >= 4 is 33.1 Å². The van der Waals surface area contributed by atoms with E-state index in [0.717, 1.165) is 6.07 Å². The van der Waals surface area contributed by atoms with Crippen molar-refractivity contribution in [2.24, 2.45) is 0 Å². The highest BCUT2D eigenvalue weighted by molar-refractivity contribution is 6.08. The number of phenols is 3. The predicted molar refractivity (Wildman–Crippen MR) is 81.3 cm³/mol. The molecular weight excluding hydrogens is 304 g/mol. The molecule has 0 saturated carbocycles. The van der Waals surface area contributed by atoms with Gasteiger partial charge in [-0.05, 0) is 12.1 Å². The molecule has 2 aromatic heterocycles. The van der Waals surface area contributed by atoms with Crippen molar-refractivity contribution in [2.45, 2.75) is 0 Å². The van der Waals surface area contributed by atoms with E-state index in [2.05, 4.69) is 0 Å². The standard InChI is InChI=1S/C16H10O7/c1-21-15-8(18)5-9-11(13(15)20)12(19)10-6-3-2-4-7(17)14(6)23-16(10)22-9/h2-5,17-18,20H,1H3. The van der Waals surface area contributed by atoms with Crippen LogP contribution in [0.4, 0.5) is 0 Å². The van der Waals surface area contributed by atoms with Gasteiger partial charge in [-0.1, -0.05) is 6.07 Å². The van der Waals surface area contributed by atoms with E-state index in [4.69, 9.17) is 13.6 Å². The molecule has 0 fully saturated rings. The van der Waals surface area contributed by atoms with Crippen molar-refractivity contribution < 1.29 is 28.9 Å². The SMILES string of the molecule is COc1c(O)cc2oc3oc4c(O)cccc4c3c(=O)c2c1O. The van der Waals surface area contributed by atoms with Gasteiger partial charge < -0.3 is 28.9 Å². The van der Waals surface area contributed by atoms with Crippen molar-refractivity contribution in [1.29, 1.82) is 0 Å². The molecule has 23 heavy (non-hydrogen) atoms. The molecule has 0 aliphatic heterocycles. The minimum absolute atomic E-state index is 0.0585. The monoisotopic (exact) mass is 314 g/mol. The summed E-state index contributed by atoms with van der Waals surface area (Å²) in [6, 6.07) is 5.73. The predicted octanol–water partition coefficient (Wildman–Crippen LogP) is 2.82. The molecule has 4 aromatic rings. The smallest absolute Gasteiger partial charge is 0.302 e. The van der Waals surface area contributed by atoms with E-state index in [1.54, 1.807) is 12.1 Å². The summed E-state index contributed by atoms with van der Waals surface area (Å²) in [5.41, 5.74) is -0.507. The lowest BCUT2D eigenvalue weighted by Gasteiger charge is -2.07. The van der Waals surface area contributed by atoms with Crippen LogP contribution in [0, 0.1) is 0 Å². The molecule has 116 valence electrons. The Morgan fingerprint density at radius 1 is 1.04 bits per heavy atom. The third-order valence-electron chi connectivity index (χ3n) is 3.72. The number of hydrogen-bond donors (Lipinski definition) is 3. The maximum Gasteiger partial charge on any atom is 0.302 e. The molecule has 0 unspecified atom stereocenters. The van der Waals surface area contributed by atoms with Crippen molar-refractivity contribution in [3.05, 3.63) is 34.5 Å². The molecule has 0 atom stereocenters. The van der Waals surface area contributed by atoms with Gasteiger partial charge in [0.1, 0.15) is 16.4 Å². The van der Waals surface area contributed by atoms with E-state index in [0.29, 0.717) is 5.39 Å². The number of benzene rings is 2. The van der Waals surface area contributed by atoms with Gasteiger partial charge in [0.25, 0.3) is 0 Å². The third kappa shape index (κ3) is 1.61. The second-order valence-corrected chi connectivity index (χ2v) is 5.00. The zero-order valence-corrected chi connectivity index (χ0v) is 11.8. The van der Waals surface area contributed by atoms with Crippen LogP contribution < -0.4 is 10.2 Å². The van der Waals surface area contributed by atoms with Crippen LogP contribution in [0.1, 0.15) is 0 Å². The molecule has 0 radical (unpaired) electrons. The summed E-state index contributed by atoms with van der Waals surface area (Å²) in [6.45, 7) is 0. The summed E-state index contributed by atoms with van der Waals surface area (Å²) in [7, 11) is 1.26. The lowest BCUT2D eigenvalue weighted by molar-refractivity contribution is 0.346. The van der Waals surface area contributed by atoms with Gasteiger partial charge in [0.15, 0.2) is 22.8 Å². The fraction of sp³-hybridized carbons (Fsp3) is 0.0625. The number of methoxy groups -OCH3 is 1. The topological polar surface area (TPSA) is 113 Å². The van der Waals surface area contributed by atoms with Crippen LogP contribution in [0.25, 0.3) is 33.1 Å². The molecule has 2 heterocycles. The zero-order chi connectivity index (χ0) is 16.3. The Kier molecular flexibility index (Phi) is 2.51. The number of rotatable bonds is 1. The van der Waals surface area contributed by atoms with Gasteiger partial charge in [0.2, 0.25) is 11.2 Å². The molecule has 4 rings (SSSR count). The summed E-state index contributed by atoms with van der Waals surface area (Å²) in [4.78, 5) is 12.8. The van der Waals surface area contributed by atoms with E-state index in [-0.39, 0.29) is 45.0 Å². The molecule has 0 amide bonds. The first-order valence-corrected chi connectivity index (χ1v) is 6.63. The van der Waals surface area contributed by atoms with Crippen LogP contribution in [0.15, 0.2) is 37.9 Å². The Hall–Kier alpha value is -3.35. The second-order valence-electron chi connectivity index (χ2n) is 5.00. The van der Waals surface area contributed by atoms with Crippen LogP contribution in [0.2, 0.25) is 0 Å². The van der Waals surface area contributed by atoms with Crippen LogP contribution in [-0.2, 0) is 0 Å². The van der Waals surface area contributed by atoms with Gasteiger partial charge in [-0.2, -0.15) is 0 Å². The van der Waals surface area contributed by atoms with Crippen LogP contribution in [0.3, 0.4) is 0 Å². The first-order valence-electron chi connectivity index (χ1n) is 6.63. The molecule has 0 aliphatic carbocycles. The normalized spacial score (nSPS) is 11.5. The average molecular weight is 314 g/mol. The summed E-state index contributed by atoms with van der Waals surface area (Å²) in [5, 5.41) is 30.2. The molecular formula is C16H10O7. The lowest BCUT2D eigenvalue weighted by Crippen LogP contribution is -2.02. The fourth-order valence-electron chi connectivity index (χ4n) is 2.71. The fourth-order valence-corrected chi connectivity index (χ4v) is 2.71. The molecule has 0 bridgehead atoms. The van der Waals surface area contributed by atoms with Crippen molar-refractivity contribution in [3.8, 4) is 23.0 Å². The van der Waals surface area contributed by atoms with E-state index < -0.39 is 11.2 Å². The summed E-state index contributed by atoms with van der Waals surface area (Å²) in [5.74, 6) is -1.36. The number of aromatic hydroxyl groups is 3. The Labute approximate surface area is 127 Å². The maximum absolute atomic E-state index is 12.8. The molecule has 0 saturated heterocycles. The van der Waals surface area contributed by atoms with E-state index in [9.17, 15) is 20.1 Å². The summed E-state index contributed by atoms with van der Waals surface area (Å²) in [6.07, 6.45) is 0. The van der Waals surface area contributed by atoms with Crippen LogP contribution in [0.5, 0.6) is 23.0 Å². The highest BCUT2D eigenvalue weighted by Gasteiger charge is 2.23. The molecule has 7 heteroatoms. The minimum Gasteiger partial charge on any atom is -0.504 e. The first kappa shape index (κ1) is 13.3. The number of ether oxygens (including phenoxy) is 1. The van der Waals surface area contributed by atoms with E-state index >= 15 is 0 Å². The highest BCUT2D eigenvalue weighted by Crippen LogP contribution is 2.42. The van der Waals surface area contributed by atoms with Gasteiger partial charge in [0, 0.05) is 11.5 Å². The van der Waals surface area contributed by atoms with Crippen molar-refractivity contribution in [3.63, 3.8) is 0 Å². The Bertz CT molecular complexity index is 1150. The Balaban J connectivity index is 2.31. The summed E-state index contributed by atoms with van der Waals surface area (Å²) < 4.78 is 15.8. The first-order chi connectivity index (χ1) is 11.0. The quantitative estimate of drug-likeness (QED) is 0.495. The zero-order valence-electron chi connectivity index (χ0n) is 11.8. The number of hydrogen-bond acceptors (Lipinski definition) is 7. The lowest BCUT2D eigenvalue weighted by atomic mass is 10.1. The molecule has 3 N–H and O–H groups in total. The Morgan fingerprint density at radius 3 is 2.57 bits per heavy atom. The van der Waals surface area contributed by atoms with Crippen molar-refractivity contribution in [1.82, 2.24) is 0 Å². The number of para-hydroxylation sites is 1. The van der Waals surface area contributed by atoms with Crippen LogP contribution >= 0.6 is 0 Å². The average Bonchev–Trinajstić information content (AvgIpc) is 2.87. The van der Waals surface area contributed by atoms with Gasteiger partial charge in [-0.25, -0.2) is 0 Å². The van der Waals surface area contributed by atoms with Gasteiger partial charge in [0.05, 0.1) is 7.11 Å².